The Morgan fingerprint density at radius 3 is 2.17 bits per heavy atom. The lowest BCUT2D eigenvalue weighted by Gasteiger charge is -2.33. The van der Waals surface area contributed by atoms with Crippen LogP contribution < -0.4 is 10.2 Å². The highest BCUT2D eigenvalue weighted by molar-refractivity contribution is 6.32. The molecular weight excluding hydrogens is 510 g/mol. The molecule has 0 aromatic heterocycles. The predicted octanol–water partition coefficient (Wildman–Crippen LogP) is 6.53. The van der Waals surface area contributed by atoms with Gasteiger partial charge in [-0.15, -0.1) is 6.42 Å². The molecule has 11 heteroatoms. The number of carbonyl (C=O) groups is 2. The Kier molecular flexibility index (Phi) is 8.24. The zero-order valence-electron chi connectivity index (χ0n) is 18.7. The number of benzene rings is 2. The van der Waals surface area contributed by atoms with Crippen molar-refractivity contribution in [1.29, 1.82) is 0 Å². The quantitative estimate of drug-likeness (QED) is 0.353. The van der Waals surface area contributed by atoms with Gasteiger partial charge in [0.1, 0.15) is 6.04 Å². The van der Waals surface area contributed by atoms with Crippen LogP contribution in [0.2, 0.25) is 5.02 Å². The van der Waals surface area contributed by atoms with Crippen LogP contribution in [0.1, 0.15) is 54.8 Å². The Morgan fingerprint density at radius 2 is 1.58 bits per heavy atom. The topological polar surface area (TPSA) is 49.4 Å². The third kappa shape index (κ3) is 6.32. The minimum atomic E-state index is -4.82. The van der Waals surface area contributed by atoms with E-state index in [0.717, 1.165) is 43.5 Å². The maximum Gasteiger partial charge on any atom is 0.416 e. The first-order valence-corrected chi connectivity index (χ1v) is 11.3. The predicted molar refractivity (Wildman–Crippen MR) is 122 cm³/mol. The summed E-state index contributed by atoms with van der Waals surface area (Å²) in [6, 6.07) is 3.44. The molecule has 2 amide bonds. The van der Waals surface area contributed by atoms with Crippen LogP contribution in [0.3, 0.4) is 0 Å². The molecule has 1 saturated carbocycles. The summed E-state index contributed by atoms with van der Waals surface area (Å²) >= 11 is 6.19. The van der Waals surface area contributed by atoms with Gasteiger partial charge in [-0.25, -0.2) is 0 Å². The molecule has 36 heavy (non-hydrogen) atoms. The lowest BCUT2D eigenvalue weighted by molar-refractivity contribution is -0.138. The molecule has 1 aliphatic rings. The monoisotopic (exact) mass is 530 g/mol. The zero-order valence-corrected chi connectivity index (χ0v) is 19.5. The highest BCUT2D eigenvalue weighted by Gasteiger charge is 2.39. The van der Waals surface area contributed by atoms with Gasteiger partial charge in [0.25, 0.3) is 0 Å². The van der Waals surface area contributed by atoms with Gasteiger partial charge in [0.15, 0.2) is 0 Å². The van der Waals surface area contributed by atoms with Crippen LogP contribution in [-0.4, -0.2) is 17.9 Å². The second-order valence-corrected chi connectivity index (χ2v) is 8.75. The third-order valence-corrected chi connectivity index (χ3v) is 6.21. The molecule has 4 nitrogen and oxygen atoms in total. The summed E-state index contributed by atoms with van der Waals surface area (Å²) in [6.07, 6.45) is -0.597. The van der Waals surface area contributed by atoms with Crippen molar-refractivity contribution < 1.29 is 35.9 Å². The molecule has 1 aliphatic carbocycles. The van der Waals surface area contributed by atoms with Crippen molar-refractivity contribution in [2.75, 3.05) is 4.90 Å². The summed E-state index contributed by atoms with van der Waals surface area (Å²) in [6.45, 7) is 0. The zero-order chi connectivity index (χ0) is 26.7. The maximum atomic E-state index is 13.5. The Labute approximate surface area is 208 Å². The van der Waals surface area contributed by atoms with E-state index in [9.17, 15) is 35.9 Å². The number of anilines is 1. The van der Waals surface area contributed by atoms with Gasteiger partial charge in [-0.1, -0.05) is 36.9 Å². The molecule has 0 aliphatic heterocycles. The van der Waals surface area contributed by atoms with Crippen molar-refractivity contribution in [2.24, 2.45) is 0 Å². The molecule has 3 rings (SSSR count). The van der Waals surface area contributed by atoms with E-state index >= 15 is 0 Å². The van der Waals surface area contributed by atoms with Gasteiger partial charge in [0, 0.05) is 22.3 Å². The number of terminal acetylenes is 1. The van der Waals surface area contributed by atoms with E-state index in [1.54, 1.807) is 5.92 Å². The first-order chi connectivity index (χ1) is 16.8. The summed E-state index contributed by atoms with van der Waals surface area (Å²) in [7, 11) is 0. The largest absolute Gasteiger partial charge is 0.416 e. The van der Waals surface area contributed by atoms with E-state index in [0.29, 0.717) is 35.9 Å². The van der Waals surface area contributed by atoms with Gasteiger partial charge in [-0.3, -0.25) is 14.5 Å². The average molecular weight is 531 g/mol. The van der Waals surface area contributed by atoms with Crippen molar-refractivity contribution in [3.8, 4) is 12.3 Å². The molecule has 1 unspecified atom stereocenters. The molecule has 1 atom stereocenters. The fraction of sp³-hybridized carbons (Fsp3) is 0.360. The van der Waals surface area contributed by atoms with Gasteiger partial charge in [-0.05, 0) is 55.2 Å². The molecule has 1 N–H and O–H groups in total. The lowest BCUT2D eigenvalue weighted by atomic mass is 9.94. The van der Waals surface area contributed by atoms with Crippen LogP contribution in [0.4, 0.5) is 32.0 Å². The Morgan fingerprint density at radius 1 is 0.972 bits per heavy atom. The SMILES string of the molecule is C#CC(=O)N(c1cccc(C(F)(F)F)c1)C(C(=O)NC1CCCCC1)c1cc(C(F)(F)F)ccc1Cl. The van der Waals surface area contributed by atoms with Crippen molar-refractivity contribution in [3.05, 3.63) is 64.2 Å². The number of nitrogens with one attached hydrogen (secondary N) is 1. The average Bonchev–Trinajstić information content (AvgIpc) is 2.82. The van der Waals surface area contributed by atoms with E-state index < -0.39 is 52.6 Å². The normalized spacial score (nSPS) is 15.6. The molecule has 2 aromatic carbocycles. The number of nitrogens with zero attached hydrogens (tertiary/aromatic N) is 1. The first kappa shape index (κ1) is 27.4. The summed E-state index contributed by atoms with van der Waals surface area (Å²) in [5.41, 5.74) is -3.16. The fourth-order valence-electron chi connectivity index (χ4n) is 4.14. The molecule has 0 bridgehead atoms. The summed E-state index contributed by atoms with van der Waals surface area (Å²) < 4.78 is 80.6. The van der Waals surface area contributed by atoms with Crippen LogP contribution >= 0.6 is 11.6 Å². The fourth-order valence-corrected chi connectivity index (χ4v) is 4.36. The number of hydrogen-bond acceptors (Lipinski definition) is 2. The lowest BCUT2D eigenvalue weighted by Crippen LogP contribution is -2.47. The molecule has 1 fully saturated rings. The number of hydrogen-bond donors (Lipinski definition) is 1. The minimum Gasteiger partial charge on any atom is -0.351 e. The summed E-state index contributed by atoms with van der Waals surface area (Å²) in [4.78, 5) is 26.9. The molecular formula is C25H21ClF6N2O2. The Balaban J connectivity index is 2.20. The van der Waals surface area contributed by atoms with Crippen molar-refractivity contribution in [2.45, 2.75) is 56.5 Å². The molecule has 0 heterocycles. The third-order valence-electron chi connectivity index (χ3n) is 5.87. The molecule has 0 radical (unpaired) electrons. The smallest absolute Gasteiger partial charge is 0.351 e. The number of carbonyl (C=O) groups excluding carboxylic acids is 2. The molecule has 0 spiro atoms. The Bertz CT molecular complexity index is 1170. The molecule has 192 valence electrons. The Hall–Kier alpha value is -3.19. The maximum absolute atomic E-state index is 13.5. The standard InChI is InChI=1S/C25H21ClF6N2O2/c1-2-21(35)34(18-10-6-7-15(13-18)24(27,28)29)22(23(36)33-17-8-4-3-5-9-17)19-14-16(25(30,31)32)11-12-20(19)26/h1,6-7,10-14,17,22H,3-5,8-9H2,(H,33,36). The van der Waals surface area contributed by atoms with Crippen molar-refractivity contribution >= 4 is 29.1 Å². The van der Waals surface area contributed by atoms with Crippen LogP contribution in [-0.2, 0) is 21.9 Å². The number of rotatable bonds is 5. The highest BCUT2D eigenvalue weighted by atomic mass is 35.5. The van der Waals surface area contributed by atoms with Crippen LogP contribution in [0, 0.1) is 12.3 Å². The second kappa shape index (κ2) is 10.8. The first-order valence-electron chi connectivity index (χ1n) is 11.0. The molecule has 0 saturated heterocycles. The van der Waals surface area contributed by atoms with Gasteiger partial charge < -0.3 is 5.32 Å². The van der Waals surface area contributed by atoms with Crippen LogP contribution in [0.15, 0.2) is 42.5 Å². The number of alkyl halides is 6. The molecule has 2 aromatic rings. The highest BCUT2D eigenvalue weighted by Crippen LogP contribution is 2.39. The van der Waals surface area contributed by atoms with E-state index in [1.807, 2.05) is 0 Å². The van der Waals surface area contributed by atoms with Crippen LogP contribution in [0.5, 0.6) is 0 Å². The number of halogens is 7. The van der Waals surface area contributed by atoms with Gasteiger partial charge in [0.2, 0.25) is 5.91 Å². The van der Waals surface area contributed by atoms with E-state index in [-0.39, 0.29) is 11.1 Å². The second-order valence-electron chi connectivity index (χ2n) is 8.35. The summed E-state index contributed by atoms with van der Waals surface area (Å²) in [5.74, 6) is -0.388. The van der Waals surface area contributed by atoms with Gasteiger partial charge in [-0.2, -0.15) is 26.3 Å². The van der Waals surface area contributed by atoms with E-state index in [2.05, 4.69) is 5.32 Å². The number of amides is 2. The van der Waals surface area contributed by atoms with Crippen molar-refractivity contribution in [1.82, 2.24) is 5.32 Å². The van der Waals surface area contributed by atoms with Crippen LogP contribution in [0.25, 0.3) is 0 Å². The minimum absolute atomic E-state index is 0.298. The van der Waals surface area contributed by atoms with Gasteiger partial charge >= 0.3 is 18.3 Å². The van der Waals surface area contributed by atoms with E-state index in [4.69, 9.17) is 18.0 Å². The summed E-state index contributed by atoms with van der Waals surface area (Å²) in [5, 5.41) is 2.42. The van der Waals surface area contributed by atoms with E-state index in [1.165, 1.54) is 0 Å². The van der Waals surface area contributed by atoms with Gasteiger partial charge in [0.05, 0.1) is 11.1 Å². The van der Waals surface area contributed by atoms with Crippen molar-refractivity contribution in [3.63, 3.8) is 0 Å².